The summed E-state index contributed by atoms with van der Waals surface area (Å²) >= 11 is 0. The molecule has 1 aromatic rings. The molecule has 2 bridgehead atoms. The van der Waals surface area contributed by atoms with E-state index in [4.69, 9.17) is 0 Å². The van der Waals surface area contributed by atoms with E-state index in [0.717, 1.165) is 7.11 Å². The lowest BCUT2D eigenvalue weighted by Gasteiger charge is -2.73. The van der Waals surface area contributed by atoms with Crippen molar-refractivity contribution in [3.63, 3.8) is 0 Å². The maximum Gasteiger partial charge on any atom is 0.318 e. The lowest BCUT2D eigenvalue weighted by atomic mass is 9.30. The summed E-state index contributed by atoms with van der Waals surface area (Å²) in [5.74, 6) is -3.76. The summed E-state index contributed by atoms with van der Waals surface area (Å²) in [5, 5.41) is 0. The summed E-state index contributed by atoms with van der Waals surface area (Å²) in [4.78, 5) is 11.4. The third-order valence-corrected chi connectivity index (χ3v) is 4.31. The summed E-state index contributed by atoms with van der Waals surface area (Å²) in [6.45, 7) is 0. The van der Waals surface area contributed by atoms with Gasteiger partial charge in [-0.1, -0.05) is 30.3 Å². The molecule has 0 spiro atoms. The molecule has 0 amide bonds. The molecular weight excluding hydrogens is 226 g/mol. The Morgan fingerprint density at radius 2 is 1.82 bits per heavy atom. The first-order chi connectivity index (χ1) is 8.00. The second-order valence-corrected chi connectivity index (χ2v) is 4.95. The molecule has 3 fully saturated rings. The van der Waals surface area contributed by atoms with E-state index in [1.165, 1.54) is 0 Å². The minimum atomic E-state index is -2.98. The first kappa shape index (κ1) is 10.7. The molecule has 4 rings (SSSR count). The molecule has 4 heteroatoms. The van der Waals surface area contributed by atoms with Crippen molar-refractivity contribution in [2.75, 3.05) is 7.11 Å². The Balaban J connectivity index is 1.96. The normalized spacial score (nSPS) is 36.6. The third-order valence-electron chi connectivity index (χ3n) is 4.31. The molecule has 3 saturated carbocycles. The summed E-state index contributed by atoms with van der Waals surface area (Å²) < 4.78 is 32.7. The molecule has 2 nitrogen and oxygen atoms in total. The number of methoxy groups -OCH3 is 1. The van der Waals surface area contributed by atoms with E-state index in [1.54, 1.807) is 30.3 Å². The van der Waals surface area contributed by atoms with E-state index in [2.05, 4.69) is 4.74 Å². The standard InChI is InChI=1S/C13H12F2O2/c1-17-10(16)12-7-11(8-12,13(12,14)15)9-5-3-2-4-6-9/h2-6H,7-8H2,1H3. The van der Waals surface area contributed by atoms with Crippen LogP contribution in [0.5, 0.6) is 0 Å². The molecule has 0 saturated heterocycles. The highest BCUT2D eigenvalue weighted by Gasteiger charge is 2.92. The number of carbonyl (C=O) groups is 1. The minimum Gasteiger partial charge on any atom is -0.468 e. The van der Waals surface area contributed by atoms with E-state index < -0.39 is 22.7 Å². The van der Waals surface area contributed by atoms with E-state index >= 15 is 0 Å². The second-order valence-electron chi connectivity index (χ2n) is 4.95. The highest BCUT2D eigenvalue weighted by molar-refractivity contribution is 5.85. The molecule has 3 aliphatic rings. The van der Waals surface area contributed by atoms with Crippen LogP contribution in [0.4, 0.5) is 8.78 Å². The SMILES string of the molecule is COC(=O)C12CC(c3ccccc3)(C1)C2(F)F. The van der Waals surface area contributed by atoms with Crippen molar-refractivity contribution in [3.05, 3.63) is 35.9 Å². The van der Waals surface area contributed by atoms with Crippen molar-refractivity contribution in [2.24, 2.45) is 5.41 Å². The molecule has 0 aromatic heterocycles. The quantitative estimate of drug-likeness (QED) is 0.740. The summed E-state index contributed by atoms with van der Waals surface area (Å²) in [7, 11) is 1.16. The number of ether oxygens (including phenoxy) is 1. The Hall–Kier alpha value is -1.45. The number of esters is 1. The molecule has 3 aliphatic carbocycles. The monoisotopic (exact) mass is 238 g/mol. The first-order valence-corrected chi connectivity index (χ1v) is 5.52. The zero-order valence-corrected chi connectivity index (χ0v) is 9.37. The van der Waals surface area contributed by atoms with Crippen molar-refractivity contribution in [1.29, 1.82) is 0 Å². The largest absolute Gasteiger partial charge is 0.468 e. The van der Waals surface area contributed by atoms with Gasteiger partial charge in [0.05, 0.1) is 12.5 Å². The summed E-state index contributed by atoms with van der Waals surface area (Å²) in [5.41, 5.74) is -2.07. The van der Waals surface area contributed by atoms with Crippen molar-refractivity contribution in [2.45, 2.75) is 24.2 Å². The minimum absolute atomic E-state index is 0.198. The molecule has 1 aromatic carbocycles. The van der Waals surface area contributed by atoms with Gasteiger partial charge >= 0.3 is 5.97 Å². The predicted molar refractivity (Wildman–Crippen MR) is 56.8 cm³/mol. The lowest BCUT2D eigenvalue weighted by Crippen LogP contribution is -2.84. The van der Waals surface area contributed by atoms with Gasteiger partial charge in [0, 0.05) is 0 Å². The number of alkyl halides is 2. The van der Waals surface area contributed by atoms with E-state index in [1.807, 2.05) is 0 Å². The second kappa shape index (κ2) is 2.86. The van der Waals surface area contributed by atoms with E-state index in [9.17, 15) is 13.6 Å². The Morgan fingerprint density at radius 1 is 1.24 bits per heavy atom. The van der Waals surface area contributed by atoms with Crippen LogP contribution in [-0.2, 0) is 14.9 Å². The maximum absolute atomic E-state index is 14.1. The van der Waals surface area contributed by atoms with Gasteiger partial charge in [0.15, 0.2) is 0 Å². The number of halogens is 2. The topological polar surface area (TPSA) is 26.3 Å². The van der Waals surface area contributed by atoms with Crippen LogP contribution in [-0.4, -0.2) is 19.0 Å². The van der Waals surface area contributed by atoms with Gasteiger partial charge in [0.2, 0.25) is 0 Å². The number of hydrogen-bond acceptors (Lipinski definition) is 2. The maximum atomic E-state index is 14.1. The smallest absolute Gasteiger partial charge is 0.318 e. The van der Waals surface area contributed by atoms with Gasteiger partial charge < -0.3 is 4.74 Å². The molecule has 90 valence electrons. The zero-order valence-electron chi connectivity index (χ0n) is 9.37. The van der Waals surface area contributed by atoms with Crippen molar-refractivity contribution in [1.82, 2.24) is 0 Å². The van der Waals surface area contributed by atoms with Gasteiger partial charge in [-0.05, 0) is 18.4 Å². The predicted octanol–water partition coefficient (Wildman–Crippen LogP) is 2.53. The average Bonchev–Trinajstić information content (AvgIpc) is 2.28. The Kier molecular flexibility index (Phi) is 1.80. The van der Waals surface area contributed by atoms with Crippen LogP contribution in [0.2, 0.25) is 0 Å². The molecule has 0 atom stereocenters. The number of hydrogen-bond donors (Lipinski definition) is 0. The molecule has 17 heavy (non-hydrogen) atoms. The van der Waals surface area contributed by atoms with Crippen LogP contribution < -0.4 is 0 Å². The van der Waals surface area contributed by atoms with Gasteiger partial charge in [-0.2, -0.15) is 0 Å². The van der Waals surface area contributed by atoms with Gasteiger partial charge in [-0.25, -0.2) is 8.78 Å². The molecular formula is C13H12F2O2. The van der Waals surface area contributed by atoms with Gasteiger partial charge in [-0.3, -0.25) is 4.79 Å². The van der Waals surface area contributed by atoms with E-state index in [0.29, 0.717) is 5.56 Å². The van der Waals surface area contributed by atoms with Crippen LogP contribution >= 0.6 is 0 Å². The van der Waals surface area contributed by atoms with Crippen LogP contribution in [0.3, 0.4) is 0 Å². The number of benzene rings is 1. The molecule has 0 heterocycles. The molecule has 0 N–H and O–H groups in total. The molecule has 0 radical (unpaired) electrons. The average molecular weight is 238 g/mol. The third kappa shape index (κ3) is 0.897. The summed E-state index contributed by atoms with van der Waals surface area (Å²) in [6.07, 6.45) is 0.396. The van der Waals surface area contributed by atoms with Crippen LogP contribution in [0.15, 0.2) is 30.3 Å². The van der Waals surface area contributed by atoms with Crippen molar-refractivity contribution >= 4 is 5.97 Å². The Morgan fingerprint density at radius 3 is 2.29 bits per heavy atom. The van der Waals surface area contributed by atoms with Gasteiger partial charge in [-0.15, -0.1) is 0 Å². The fourth-order valence-electron chi connectivity index (χ4n) is 3.28. The Bertz CT molecular complexity index is 475. The fraction of sp³-hybridized carbons (Fsp3) is 0.462. The van der Waals surface area contributed by atoms with Gasteiger partial charge in [0.1, 0.15) is 5.41 Å². The van der Waals surface area contributed by atoms with Crippen molar-refractivity contribution in [3.8, 4) is 0 Å². The highest BCUT2D eigenvalue weighted by atomic mass is 19.3. The van der Waals surface area contributed by atoms with Crippen LogP contribution in [0.1, 0.15) is 18.4 Å². The molecule has 0 aliphatic heterocycles. The summed E-state index contributed by atoms with van der Waals surface area (Å²) in [6, 6.07) is 8.69. The van der Waals surface area contributed by atoms with E-state index in [-0.39, 0.29) is 12.8 Å². The van der Waals surface area contributed by atoms with Crippen molar-refractivity contribution < 1.29 is 18.3 Å². The fourth-order valence-corrected chi connectivity index (χ4v) is 3.28. The molecule has 0 unspecified atom stereocenters. The first-order valence-electron chi connectivity index (χ1n) is 5.52. The van der Waals surface area contributed by atoms with Crippen LogP contribution in [0.25, 0.3) is 0 Å². The number of rotatable bonds is 2. The van der Waals surface area contributed by atoms with Gasteiger partial charge in [0.25, 0.3) is 5.92 Å². The zero-order chi connectivity index (χ0) is 12.3. The highest BCUT2D eigenvalue weighted by Crippen LogP contribution is 2.81. The number of carbonyl (C=O) groups excluding carboxylic acids is 1. The van der Waals surface area contributed by atoms with Crippen LogP contribution in [0, 0.1) is 5.41 Å². The Labute approximate surface area is 97.6 Å². The lowest BCUT2D eigenvalue weighted by molar-refractivity contribution is -0.358.